The average molecular weight is 266 g/mol. The van der Waals surface area contributed by atoms with Crippen LogP contribution in [-0.4, -0.2) is 16.4 Å². The van der Waals surface area contributed by atoms with Gasteiger partial charge in [0.15, 0.2) is 6.29 Å². The van der Waals surface area contributed by atoms with E-state index in [1.807, 2.05) is 6.07 Å². The molecule has 0 saturated carbocycles. The van der Waals surface area contributed by atoms with Crippen molar-refractivity contribution in [3.05, 3.63) is 40.0 Å². The maximum absolute atomic E-state index is 10.5. The molecule has 0 bridgehead atoms. The van der Waals surface area contributed by atoms with Crippen LogP contribution in [0.4, 0.5) is 0 Å². The van der Waals surface area contributed by atoms with Crippen LogP contribution in [0.25, 0.3) is 10.9 Å². The number of hydrogen-bond acceptors (Lipinski definition) is 3. The van der Waals surface area contributed by atoms with Gasteiger partial charge in [-0.05, 0) is 39.7 Å². The summed E-state index contributed by atoms with van der Waals surface area (Å²) in [6.45, 7) is -0.0219. The molecule has 0 amide bonds. The number of hydrogen-bond donors (Lipinski definition) is 1. The number of aliphatic hydroxyl groups is 1. The molecule has 15 heavy (non-hydrogen) atoms. The van der Waals surface area contributed by atoms with Gasteiger partial charge in [-0.1, -0.05) is 6.07 Å². The molecule has 0 fully saturated rings. The Morgan fingerprint density at radius 1 is 1.33 bits per heavy atom. The van der Waals surface area contributed by atoms with Crippen molar-refractivity contribution in [3.8, 4) is 0 Å². The number of benzene rings is 1. The fraction of sp³-hybridized carbons (Fsp3) is 0.0909. The molecule has 1 heterocycles. The van der Waals surface area contributed by atoms with Crippen LogP contribution in [0.1, 0.15) is 16.1 Å². The summed E-state index contributed by atoms with van der Waals surface area (Å²) in [5, 5.41) is 9.97. The molecule has 0 aliphatic heterocycles. The fourth-order valence-electron chi connectivity index (χ4n) is 1.42. The first-order chi connectivity index (χ1) is 7.26. The van der Waals surface area contributed by atoms with Gasteiger partial charge in [0.05, 0.1) is 12.1 Å². The van der Waals surface area contributed by atoms with E-state index in [0.29, 0.717) is 12.0 Å². The van der Waals surface area contributed by atoms with Crippen molar-refractivity contribution in [2.75, 3.05) is 0 Å². The highest BCUT2D eigenvalue weighted by molar-refractivity contribution is 9.10. The van der Waals surface area contributed by atoms with E-state index in [4.69, 9.17) is 5.11 Å². The van der Waals surface area contributed by atoms with Crippen molar-refractivity contribution in [1.29, 1.82) is 0 Å². The summed E-state index contributed by atoms with van der Waals surface area (Å²) in [7, 11) is 0. The lowest BCUT2D eigenvalue weighted by atomic mass is 10.1. The second-order valence-electron chi connectivity index (χ2n) is 3.12. The van der Waals surface area contributed by atoms with E-state index in [1.165, 1.54) is 0 Å². The van der Waals surface area contributed by atoms with Gasteiger partial charge in [-0.2, -0.15) is 0 Å². The Hall–Kier alpha value is -1.26. The number of carbonyl (C=O) groups is 1. The largest absolute Gasteiger partial charge is 0.392 e. The monoisotopic (exact) mass is 265 g/mol. The Bertz CT molecular complexity index is 525. The number of pyridine rings is 1. The van der Waals surface area contributed by atoms with Crippen molar-refractivity contribution < 1.29 is 9.90 Å². The molecule has 1 aromatic heterocycles. The van der Waals surface area contributed by atoms with Gasteiger partial charge in [0.25, 0.3) is 0 Å². The molecule has 3 nitrogen and oxygen atoms in total. The zero-order chi connectivity index (χ0) is 10.8. The minimum Gasteiger partial charge on any atom is -0.392 e. The normalized spacial score (nSPS) is 10.5. The number of nitrogens with zero attached hydrogens (tertiary/aromatic N) is 1. The van der Waals surface area contributed by atoms with E-state index >= 15 is 0 Å². The highest BCUT2D eigenvalue weighted by atomic mass is 79.9. The molecule has 1 N–H and O–H groups in total. The first-order valence-electron chi connectivity index (χ1n) is 4.40. The van der Waals surface area contributed by atoms with E-state index in [-0.39, 0.29) is 6.61 Å². The molecule has 0 atom stereocenters. The van der Waals surface area contributed by atoms with Crippen LogP contribution in [-0.2, 0) is 6.61 Å². The van der Waals surface area contributed by atoms with Crippen molar-refractivity contribution in [3.63, 3.8) is 0 Å². The molecule has 0 radical (unpaired) electrons. The fourth-order valence-corrected chi connectivity index (χ4v) is 2.01. The van der Waals surface area contributed by atoms with Gasteiger partial charge in [0, 0.05) is 9.86 Å². The van der Waals surface area contributed by atoms with E-state index in [2.05, 4.69) is 20.9 Å². The van der Waals surface area contributed by atoms with E-state index < -0.39 is 0 Å². The Labute approximate surface area is 94.9 Å². The zero-order valence-corrected chi connectivity index (χ0v) is 9.36. The van der Waals surface area contributed by atoms with Crippen molar-refractivity contribution in [2.24, 2.45) is 0 Å². The lowest BCUT2D eigenvalue weighted by molar-refractivity contribution is 0.111. The first kappa shape index (κ1) is 10.3. The summed E-state index contributed by atoms with van der Waals surface area (Å²) in [4.78, 5) is 14.7. The number of aliphatic hydroxyl groups excluding tert-OH is 1. The number of aromatic nitrogens is 1. The molecule has 2 aromatic rings. The third kappa shape index (κ3) is 1.78. The zero-order valence-electron chi connectivity index (χ0n) is 7.77. The Morgan fingerprint density at radius 2 is 2.13 bits per heavy atom. The van der Waals surface area contributed by atoms with Crippen LogP contribution >= 0.6 is 15.9 Å². The van der Waals surface area contributed by atoms with Gasteiger partial charge in [0.2, 0.25) is 0 Å². The molecule has 0 spiro atoms. The molecular formula is C11H8BrNO2. The van der Waals surface area contributed by atoms with Crippen LogP contribution < -0.4 is 0 Å². The molecule has 76 valence electrons. The van der Waals surface area contributed by atoms with Gasteiger partial charge in [-0.15, -0.1) is 0 Å². The second-order valence-corrected chi connectivity index (χ2v) is 3.91. The number of aldehydes is 1. The predicted octanol–water partition coefficient (Wildman–Crippen LogP) is 2.30. The lowest BCUT2D eigenvalue weighted by Crippen LogP contribution is -1.91. The average Bonchev–Trinajstić information content (AvgIpc) is 2.29. The van der Waals surface area contributed by atoms with Crippen LogP contribution in [0.5, 0.6) is 0 Å². The van der Waals surface area contributed by atoms with Gasteiger partial charge in [0.1, 0.15) is 5.69 Å². The highest BCUT2D eigenvalue weighted by Gasteiger charge is 2.05. The topological polar surface area (TPSA) is 50.2 Å². The molecule has 4 heteroatoms. The Morgan fingerprint density at radius 3 is 2.80 bits per heavy atom. The minimum atomic E-state index is -0.0219. The predicted molar refractivity (Wildman–Crippen MR) is 60.8 cm³/mol. The summed E-state index contributed by atoms with van der Waals surface area (Å²) in [6.07, 6.45) is 0.716. The van der Waals surface area contributed by atoms with E-state index in [1.54, 1.807) is 18.2 Å². The highest BCUT2D eigenvalue weighted by Crippen LogP contribution is 2.26. The summed E-state index contributed by atoms with van der Waals surface area (Å²) in [5.41, 5.74) is 1.96. The number of fused-ring (bicyclic) bond motifs is 1. The van der Waals surface area contributed by atoms with E-state index in [9.17, 15) is 4.79 Å². The summed E-state index contributed by atoms with van der Waals surface area (Å²) in [6, 6.07) is 7.04. The number of carbonyl (C=O) groups excluding carboxylic acids is 1. The molecule has 0 saturated heterocycles. The van der Waals surface area contributed by atoms with Gasteiger partial charge < -0.3 is 5.11 Å². The van der Waals surface area contributed by atoms with Crippen LogP contribution in [0.3, 0.4) is 0 Å². The minimum absolute atomic E-state index is 0.0219. The summed E-state index contributed by atoms with van der Waals surface area (Å²) >= 11 is 3.40. The van der Waals surface area contributed by atoms with Gasteiger partial charge >= 0.3 is 0 Å². The molecule has 2 rings (SSSR count). The SMILES string of the molecule is O=Cc1ccc2c(Br)c(CO)ccc2n1. The van der Waals surface area contributed by atoms with Crippen molar-refractivity contribution in [2.45, 2.75) is 6.61 Å². The third-order valence-corrected chi connectivity index (χ3v) is 3.13. The van der Waals surface area contributed by atoms with Crippen molar-refractivity contribution >= 4 is 33.1 Å². The summed E-state index contributed by atoms with van der Waals surface area (Å²) < 4.78 is 0.826. The van der Waals surface area contributed by atoms with Crippen LogP contribution in [0.15, 0.2) is 28.7 Å². The maximum atomic E-state index is 10.5. The Kier molecular flexibility index (Phi) is 2.79. The molecule has 0 aliphatic rings. The molecule has 0 unspecified atom stereocenters. The molecule has 0 aliphatic carbocycles. The first-order valence-corrected chi connectivity index (χ1v) is 5.19. The van der Waals surface area contributed by atoms with Crippen LogP contribution in [0.2, 0.25) is 0 Å². The van der Waals surface area contributed by atoms with E-state index in [0.717, 1.165) is 20.9 Å². The van der Waals surface area contributed by atoms with Gasteiger partial charge in [-0.3, -0.25) is 4.79 Å². The second kappa shape index (κ2) is 4.08. The lowest BCUT2D eigenvalue weighted by Gasteiger charge is -2.05. The Balaban J connectivity index is 2.73. The smallest absolute Gasteiger partial charge is 0.168 e. The van der Waals surface area contributed by atoms with Crippen LogP contribution in [0, 0.1) is 0 Å². The van der Waals surface area contributed by atoms with Crippen molar-refractivity contribution in [1.82, 2.24) is 4.98 Å². The molecule has 1 aromatic carbocycles. The number of halogens is 1. The van der Waals surface area contributed by atoms with Gasteiger partial charge in [-0.25, -0.2) is 4.98 Å². The standard InChI is InChI=1S/C11H8BrNO2/c12-11-7(5-14)1-4-10-9(11)3-2-8(6-15)13-10/h1-4,6,14H,5H2. The quantitative estimate of drug-likeness (QED) is 0.848. The maximum Gasteiger partial charge on any atom is 0.168 e. The third-order valence-electron chi connectivity index (χ3n) is 2.20. The molecular weight excluding hydrogens is 258 g/mol. The number of rotatable bonds is 2. The summed E-state index contributed by atoms with van der Waals surface area (Å²) in [5.74, 6) is 0.